The fraction of sp³-hybridized carbons (Fsp3) is 0.333. The number of likely N-dealkylation sites (tertiary alicyclic amines) is 1. The van der Waals surface area contributed by atoms with E-state index in [1.54, 1.807) is 11.0 Å². The first-order valence-corrected chi connectivity index (χ1v) is 5.38. The van der Waals surface area contributed by atoms with E-state index in [1.165, 1.54) is 12.3 Å². The molecule has 1 fully saturated rings. The third-order valence-electron chi connectivity index (χ3n) is 2.73. The first kappa shape index (κ1) is 11.3. The molecule has 0 spiro atoms. The van der Waals surface area contributed by atoms with Gasteiger partial charge < -0.3 is 4.90 Å². The van der Waals surface area contributed by atoms with Crippen molar-refractivity contribution in [3.8, 4) is 6.07 Å². The smallest absolute Gasteiger partial charge is 0.255 e. The van der Waals surface area contributed by atoms with Gasteiger partial charge in [0.2, 0.25) is 0 Å². The van der Waals surface area contributed by atoms with Crippen LogP contribution in [0.5, 0.6) is 0 Å². The zero-order valence-corrected chi connectivity index (χ0v) is 9.22. The molecule has 0 bridgehead atoms. The molecule has 1 saturated heterocycles. The average molecular weight is 229 g/mol. The van der Waals surface area contributed by atoms with Gasteiger partial charge in [-0.15, -0.1) is 0 Å². The summed E-state index contributed by atoms with van der Waals surface area (Å²) in [6, 6.07) is 5.00. The van der Waals surface area contributed by atoms with Crippen LogP contribution in [-0.4, -0.2) is 34.7 Å². The molecule has 0 saturated carbocycles. The van der Waals surface area contributed by atoms with Crippen LogP contribution in [0.1, 0.15) is 28.9 Å². The predicted molar refractivity (Wildman–Crippen MR) is 59.1 cm³/mol. The van der Waals surface area contributed by atoms with Gasteiger partial charge >= 0.3 is 0 Å². The Kier molecular flexibility index (Phi) is 3.15. The Hall–Kier alpha value is -2.22. The molecular weight excluding hydrogens is 218 g/mol. The molecule has 1 aliphatic rings. The highest BCUT2D eigenvalue weighted by molar-refractivity contribution is 5.95. The summed E-state index contributed by atoms with van der Waals surface area (Å²) in [6.45, 7) is 0.940. The van der Waals surface area contributed by atoms with E-state index in [4.69, 9.17) is 5.26 Å². The second-order valence-electron chi connectivity index (χ2n) is 3.87. The Morgan fingerprint density at radius 3 is 2.59 bits per heavy atom. The zero-order valence-electron chi connectivity index (χ0n) is 9.22. The second-order valence-corrected chi connectivity index (χ2v) is 3.87. The number of rotatable bonds is 1. The molecule has 0 unspecified atom stereocenters. The van der Waals surface area contributed by atoms with Gasteiger partial charge in [-0.1, -0.05) is 0 Å². The maximum Gasteiger partial charge on any atom is 0.255 e. The van der Waals surface area contributed by atoms with Gasteiger partial charge in [-0.2, -0.15) is 5.26 Å². The molecule has 1 aromatic heterocycles. The molecule has 0 aromatic carbocycles. The van der Waals surface area contributed by atoms with E-state index in [-0.39, 0.29) is 17.4 Å². The maximum atomic E-state index is 12.0. The Bertz CT molecular complexity index is 477. The van der Waals surface area contributed by atoms with E-state index in [0.717, 1.165) is 0 Å². The standard InChI is InChI=1S/C12H11N3O2/c13-7-10-2-1-9(8-14-10)12(17)15-5-3-11(16)4-6-15/h1-2,8H,3-6H2. The van der Waals surface area contributed by atoms with Crippen molar-refractivity contribution in [2.24, 2.45) is 0 Å². The van der Waals surface area contributed by atoms with Crippen molar-refractivity contribution in [2.75, 3.05) is 13.1 Å². The number of amides is 1. The molecule has 5 heteroatoms. The summed E-state index contributed by atoms with van der Waals surface area (Å²) in [7, 11) is 0. The number of nitriles is 1. The summed E-state index contributed by atoms with van der Waals surface area (Å²) < 4.78 is 0. The number of ketones is 1. The lowest BCUT2D eigenvalue weighted by atomic mass is 10.1. The summed E-state index contributed by atoms with van der Waals surface area (Å²) >= 11 is 0. The number of aromatic nitrogens is 1. The molecule has 1 amide bonds. The second kappa shape index (κ2) is 4.74. The van der Waals surface area contributed by atoms with Crippen molar-refractivity contribution in [3.05, 3.63) is 29.6 Å². The highest BCUT2D eigenvalue weighted by Gasteiger charge is 2.21. The van der Waals surface area contributed by atoms with E-state index < -0.39 is 0 Å². The molecule has 5 nitrogen and oxygen atoms in total. The molecule has 0 N–H and O–H groups in total. The van der Waals surface area contributed by atoms with Crippen LogP contribution in [0, 0.1) is 11.3 Å². The summed E-state index contributed by atoms with van der Waals surface area (Å²) in [5.41, 5.74) is 0.744. The van der Waals surface area contributed by atoms with Crippen molar-refractivity contribution in [1.82, 2.24) is 9.88 Å². The molecule has 0 radical (unpaired) electrons. The number of hydrogen-bond acceptors (Lipinski definition) is 4. The minimum atomic E-state index is -0.130. The Balaban J connectivity index is 2.09. The van der Waals surface area contributed by atoms with Crippen molar-refractivity contribution in [1.29, 1.82) is 5.26 Å². The van der Waals surface area contributed by atoms with E-state index in [1.807, 2.05) is 6.07 Å². The largest absolute Gasteiger partial charge is 0.338 e. The fourth-order valence-electron chi connectivity index (χ4n) is 1.73. The van der Waals surface area contributed by atoms with Gasteiger partial charge in [-0.05, 0) is 12.1 Å². The average Bonchev–Trinajstić information content (AvgIpc) is 2.39. The topological polar surface area (TPSA) is 74.1 Å². The molecule has 86 valence electrons. The third kappa shape index (κ3) is 2.48. The Labute approximate surface area is 98.7 Å². The molecule has 1 aromatic rings. The lowest BCUT2D eigenvalue weighted by molar-refractivity contribution is -0.120. The Morgan fingerprint density at radius 2 is 2.06 bits per heavy atom. The number of piperidine rings is 1. The third-order valence-corrected chi connectivity index (χ3v) is 2.73. The minimum absolute atomic E-state index is 0.130. The van der Waals surface area contributed by atoms with Crippen molar-refractivity contribution >= 4 is 11.7 Å². The first-order valence-electron chi connectivity index (χ1n) is 5.38. The van der Waals surface area contributed by atoms with Gasteiger partial charge in [0.15, 0.2) is 0 Å². The number of carbonyl (C=O) groups is 2. The monoisotopic (exact) mass is 229 g/mol. The SMILES string of the molecule is N#Cc1ccc(C(=O)N2CCC(=O)CC2)cn1. The van der Waals surface area contributed by atoms with Crippen LogP contribution in [0.3, 0.4) is 0 Å². The summed E-state index contributed by atoms with van der Waals surface area (Å²) in [6.07, 6.45) is 2.25. The number of hydrogen-bond donors (Lipinski definition) is 0. The highest BCUT2D eigenvalue weighted by atomic mass is 16.2. The van der Waals surface area contributed by atoms with Crippen LogP contribution in [0.4, 0.5) is 0 Å². The molecule has 0 atom stereocenters. The van der Waals surface area contributed by atoms with Crippen LogP contribution in [0.25, 0.3) is 0 Å². The molecule has 2 rings (SSSR count). The van der Waals surface area contributed by atoms with Crippen LogP contribution in [0.2, 0.25) is 0 Å². The quantitative estimate of drug-likeness (QED) is 0.712. The lowest BCUT2D eigenvalue weighted by Gasteiger charge is -2.25. The normalized spacial score (nSPS) is 15.5. The number of carbonyl (C=O) groups excluding carboxylic acids is 2. The van der Waals surface area contributed by atoms with Crippen LogP contribution in [-0.2, 0) is 4.79 Å². The Morgan fingerprint density at radius 1 is 1.35 bits per heavy atom. The molecule has 2 heterocycles. The van der Waals surface area contributed by atoms with Gasteiger partial charge in [0, 0.05) is 32.1 Å². The van der Waals surface area contributed by atoms with Gasteiger partial charge in [0.05, 0.1) is 5.56 Å². The molecule has 0 aliphatic carbocycles. The molecular formula is C12H11N3O2. The van der Waals surface area contributed by atoms with Gasteiger partial charge in [0.25, 0.3) is 5.91 Å². The molecule has 17 heavy (non-hydrogen) atoms. The predicted octanol–water partition coefficient (Wildman–Crippen LogP) is 0.758. The zero-order chi connectivity index (χ0) is 12.3. The van der Waals surface area contributed by atoms with Crippen LogP contribution < -0.4 is 0 Å². The number of pyridine rings is 1. The van der Waals surface area contributed by atoms with E-state index in [9.17, 15) is 9.59 Å². The minimum Gasteiger partial charge on any atom is -0.338 e. The highest BCUT2D eigenvalue weighted by Crippen LogP contribution is 2.10. The van der Waals surface area contributed by atoms with Crippen molar-refractivity contribution in [3.63, 3.8) is 0 Å². The summed E-state index contributed by atoms with van der Waals surface area (Å²) in [4.78, 5) is 28.6. The van der Waals surface area contributed by atoms with Crippen LogP contribution in [0.15, 0.2) is 18.3 Å². The lowest BCUT2D eigenvalue weighted by Crippen LogP contribution is -2.38. The van der Waals surface area contributed by atoms with Gasteiger partial charge in [-0.3, -0.25) is 9.59 Å². The van der Waals surface area contributed by atoms with Crippen molar-refractivity contribution < 1.29 is 9.59 Å². The van der Waals surface area contributed by atoms with Crippen LogP contribution >= 0.6 is 0 Å². The summed E-state index contributed by atoms with van der Waals surface area (Å²) in [5.74, 6) is 0.0708. The van der Waals surface area contributed by atoms with Crippen molar-refractivity contribution in [2.45, 2.75) is 12.8 Å². The van der Waals surface area contributed by atoms with Gasteiger partial charge in [0.1, 0.15) is 17.5 Å². The first-order chi connectivity index (χ1) is 8.20. The molecule has 1 aliphatic heterocycles. The van der Waals surface area contributed by atoms with E-state index in [2.05, 4.69) is 4.98 Å². The van der Waals surface area contributed by atoms with E-state index >= 15 is 0 Å². The van der Waals surface area contributed by atoms with E-state index in [0.29, 0.717) is 31.5 Å². The number of nitrogens with zero attached hydrogens (tertiary/aromatic N) is 3. The van der Waals surface area contributed by atoms with Gasteiger partial charge in [-0.25, -0.2) is 4.98 Å². The number of Topliss-reactive ketones (excluding diaryl/α,β-unsaturated/α-hetero) is 1. The fourth-order valence-corrected chi connectivity index (χ4v) is 1.73. The summed E-state index contributed by atoms with van der Waals surface area (Å²) in [5, 5.41) is 8.60. The maximum absolute atomic E-state index is 12.0.